The summed E-state index contributed by atoms with van der Waals surface area (Å²) in [5, 5.41) is 3.20. The van der Waals surface area contributed by atoms with Crippen molar-refractivity contribution in [3.8, 4) is 5.75 Å². The minimum atomic E-state index is -0.215. The number of ether oxygens (including phenoxy) is 1. The van der Waals surface area contributed by atoms with E-state index in [1.165, 1.54) is 0 Å². The van der Waals surface area contributed by atoms with E-state index in [4.69, 9.17) is 17.0 Å². The van der Waals surface area contributed by atoms with Gasteiger partial charge in [-0.2, -0.15) is 0 Å². The molecule has 1 rings (SSSR count). The molecular weight excluding hydrogens is 364 g/mol. The second-order valence-corrected chi connectivity index (χ2v) is 6.52. The molecular formula is C16H23BrN2O2S. The lowest BCUT2D eigenvalue weighted by molar-refractivity contribution is 0.0973. The quantitative estimate of drug-likeness (QED) is 0.754. The molecule has 6 heteroatoms. The molecule has 122 valence electrons. The molecule has 0 saturated heterocycles. The number of benzene rings is 1. The van der Waals surface area contributed by atoms with E-state index < -0.39 is 0 Å². The van der Waals surface area contributed by atoms with Crippen LogP contribution in [0, 0.1) is 5.92 Å². The van der Waals surface area contributed by atoms with Gasteiger partial charge in [-0.15, -0.1) is 0 Å². The number of hydrogen-bond donors (Lipinski definition) is 1. The summed E-state index contributed by atoms with van der Waals surface area (Å²) in [5.74, 6) is 0.964. The van der Waals surface area contributed by atoms with Gasteiger partial charge in [0.25, 0.3) is 5.91 Å². The highest BCUT2D eigenvalue weighted by Crippen LogP contribution is 2.26. The maximum atomic E-state index is 12.2. The van der Waals surface area contributed by atoms with Gasteiger partial charge >= 0.3 is 0 Å². The fourth-order valence-corrected chi connectivity index (χ4v) is 2.62. The second-order valence-electron chi connectivity index (χ2n) is 5.28. The van der Waals surface area contributed by atoms with E-state index in [9.17, 15) is 4.79 Å². The number of thiocarbonyl (C=S) groups is 1. The predicted molar refractivity (Wildman–Crippen MR) is 97.5 cm³/mol. The molecule has 0 aliphatic heterocycles. The van der Waals surface area contributed by atoms with Crippen LogP contribution in [0.3, 0.4) is 0 Å². The first-order chi connectivity index (χ1) is 10.4. The lowest BCUT2D eigenvalue weighted by atomic mass is 10.2. The van der Waals surface area contributed by atoms with Crippen LogP contribution in [0.5, 0.6) is 5.75 Å². The van der Waals surface area contributed by atoms with Crippen molar-refractivity contribution in [1.29, 1.82) is 0 Å². The average Bonchev–Trinajstić information content (AvgIpc) is 2.46. The van der Waals surface area contributed by atoms with Gasteiger partial charge in [-0.05, 0) is 66.1 Å². The van der Waals surface area contributed by atoms with E-state index in [0.717, 1.165) is 23.3 Å². The fraction of sp³-hybridized carbons (Fsp3) is 0.500. The lowest BCUT2D eigenvalue weighted by Gasteiger charge is -2.21. The van der Waals surface area contributed by atoms with Gasteiger partial charge in [-0.25, -0.2) is 0 Å². The zero-order valence-corrected chi connectivity index (χ0v) is 15.9. The number of carbonyl (C=O) groups excluding carboxylic acids is 1. The highest BCUT2D eigenvalue weighted by molar-refractivity contribution is 9.10. The molecule has 0 aromatic heterocycles. The van der Waals surface area contributed by atoms with Crippen molar-refractivity contribution in [3.63, 3.8) is 0 Å². The van der Waals surface area contributed by atoms with Crippen molar-refractivity contribution in [2.75, 3.05) is 19.7 Å². The summed E-state index contributed by atoms with van der Waals surface area (Å²) in [4.78, 5) is 14.2. The van der Waals surface area contributed by atoms with Crippen LogP contribution < -0.4 is 10.1 Å². The van der Waals surface area contributed by atoms with E-state index >= 15 is 0 Å². The predicted octanol–water partition coefficient (Wildman–Crippen LogP) is 3.84. The molecule has 0 saturated carbocycles. The molecule has 0 atom stereocenters. The Morgan fingerprint density at radius 3 is 2.50 bits per heavy atom. The molecule has 0 fully saturated rings. The average molecular weight is 387 g/mol. The van der Waals surface area contributed by atoms with Crippen LogP contribution in [0.1, 0.15) is 38.1 Å². The van der Waals surface area contributed by atoms with Crippen molar-refractivity contribution in [1.82, 2.24) is 10.2 Å². The Morgan fingerprint density at radius 1 is 1.36 bits per heavy atom. The van der Waals surface area contributed by atoms with Crippen LogP contribution >= 0.6 is 28.1 Å². The molecule has 1 aromatic rings. The first-order valence-electron chi connectivity index (χ1n) is 7.41. The molecule has 0 spiro atoms. The standard InChI is InChI=1S/C16H23BrN2O2S/c1-5-19(6-2)16(22)18-15(20)12-7-8-14(13(17)9-12)21-10-11(3)4/h7-9,11H,5-6,10H2,1-4H3,(H,18,20,22). The Kier molecular flexibility index (Phi) is 7.82. The minimum Gasteiger partial charge on any atom is -0.492 e. The maximum absolute atomic E-state index is 12.2. The molecule has 0 bridgehead atoms. The molecule has 4 nitrogen and oxygen atoms in total. The molecule has 1 amide bonds. The largest absolute Gasteiger partial charge is 0.492 e. The van der Waals surface area contributed by atoms with E-state index in [2.05, 4.69) is 35.1 Å². The molecule has 0 aliphatic carbocycles. The first-order valence-corrected chi connectivity index (χ1v) is 8.61. The molecule has 1 N–H and O–H groups in total. The number of nitrogens with zero attached hydrogens (tertiary/aromatic N) is 1. The summed E-state index contributed by atoms with van der Waals surface area (Å²) >= 11 is 8.68. The highest BCUT2D eigenvalue weighted by atomic mass is 79.9. The smallest absolute Gasteiger partial charge is 0.257 e. The molecule has 0 unspecified atom stereocenters. The van der Waals surface area contributed by atoms with Gasteiger partial charge < -0.3 is 9.64 Å². The number of halogens is 1. The zero-order chi connectivity index (χ0) is 16.7. The van der Waals surface area contributed by atoms with E-state index in [0.29, 0.717) is 23.2 Å². The Balaban J connectivity index is 2.74. The third kappa shape index (κ3) is 5.57. The molecule has 0 aliphatic rings. The van der Waals surface area contributed by atoms with Gasteiger partial charge in [0.1, 0.15) is 5.75 Å². The SMILES string of the molecule is CCN(CC)C(=S)NC(=O)c1ccc(OCC(C)C)c(Br)c1. The highest BCUT2D eigenvalue weighted by Gasteiger charge is 2.13. The first kappa shape index (κ1) is 18.9. The van der Waals surface area contributed by atoms with Gasteiger partial charge in [0, 0.05) is 18.7 Å². The van der Waals surface area contributed by atoms with Crippen molar-refractivity contribution in [2.45, 2.75) is 27.7 Å². The van der Waals surface area contributed by atoms with E-state index in [1.807, 2.05) is 18.7 Å². The van der Waals surface area contributed by atoms with Crippen molar-refractivity contribution < 1.29 is 9.53 Å². The molecule has 0 heterocycles. The number of hydrogen-bond acceptors (Lipinski definition) is 3. The summed E-state index contributed by atoms with van der Waals surface area (Å²) < 4.78 is 6.43. The maximum Gasteiger partial charge on any atom is 0.257 e. The summed E-state index contributed by atoms with van der Waals surface area (Å²) in [6.45, 7) is 10.3. The van der Waals surface area contributed by atoms with Crippen molar-refractivity contribution in [2.24, 2.45) is 5.92 Å². The monoisotopic (exact) mass is 386 g/mol. The normalized spacial score (nSPS) is 10.5. The number of amides is 1. The lowest BCUT2D eigenvalue weighted by Crippen LogP contribution is -2.42. The second kappa shape index (κ2) is 9.10. The Labute approximate surface area is 146 Å². The summed E-state index contributed by atoms with van der Waals surface area (Å²) in [7, 11) is 0. The van der Waals surface area contributed by atoms with Crippen LogP contribution in [-0.4, -0.2) is 35.6 Å². The van der Waals surface area contributed by atoms with Crippen LogP contribution in [0.15, 0.2) is 22.7 Å². The summed E-state index contributed by atoms with van der Waals surface area (Å²) in [5.41, 5.74) is 0.540. The fourth-order valence-electron chi connectivity index (χ4n) is 1.77. The topological polar surface area (TPSA) is 41.6 Å². The Bertz CT molecular complexity index is 531. The number of nitrogens with one attached hydrogen (secondary N) is 1. The third-order valence-electron chi connectivity index (χ3n) is 3.04. The van der Waals surface area contributed by atoms with Crippen LogP contribution in [0.2, 0.25) is 0 Å². The van der Waals surface area contributed by atoms with Crippen molar-refractivity contribution in [3.05, 3.63) is 28.2 Å². The van der Waals surface area contributed by atoms with Gasteiger partial charge in [-0.3, -0.25) is 10.1 Å². The van der Waals surface area contributed by atoms with E-state index in [1.54, 1.807) is 18.2 Å². The van der Waals surface area contributed by atoms with Crippen molar-refractivity contribution >= 4 is 39.2 Å². The van der Waals surface area contributed by atoms with Crippen LogP contribution in [-0.2, 0) is 0 Å². The number of carbonyl (C=O) groups is 1. The van der Waals surface area contributed by atoms with Gasteiger partial charge in [-0.1, -0.05) is 13.8 Å². The summed E-state index contributed by atoms with van der Waals surface area (Å²) in [6, 6.07) is 5.28. The van der Waals surface area contributed by atoms with Gasteiger partial charge in [0.2, 0.25) is 0 Å². The van der Waals surface area contributed by atoms with Gasteiger partial charge in [0.15, 0.2) is 5.11 Å². The third-order valence-corrected chi connectivity index (χ3v) is 4.02. The van der Waals surface area contributed by atoms with E-state index in [-0.39, 0.29) is 5.91 Å². The minimum absolute atomic E-state index is 0.215. The summed E-state index contributed by atoms with van der Waals surface area (Å²) in [6.07, 6.45) is 0. The Morgan fingerprint density at radius 2 is 2.00 bits per heavy atom. The number of rotatable bonds is 6. The molecule has 1 aromatic carbocycles. The van der Waals surface area contributed by atoms with Gasteiger partial charge in [0.05, 0.1) is 11.1 Å². The molecule has 0 radical (unpaired) electrons. The molecule has 22 heavy (non-hydrogen) atoms. The zero-order valence-electron chi connectivity index (χ0n) is 13.5. The Hall–Kier alpha value is -1.14. The van der Waals surface area contributed by atoms with Crippen LogP contribution in [0.25, 0.3) is 0 Å². The van der Waals surface area contributed by atoms with Crippen LogP contribution in [0.4, 0.5) is 0 Å².